The zero-order valence-corrected chi connectivity index (χ0v) is 24.0. The minimum absolute atomic E-state index is 0.0101. The number of aliphatic carboxylic acids is 2. The summed E-state index contributed by atoms with van der Waals surface area (Å²) in [6.07, 6.45) is 2.37. The third-order valence-corrected chi connectivity index (χ3v) is 7.09. The van der Waals surface area contributed by atoms with Crippen molar-refractivity contribution in [3.8, 4) is 0 Å². The highest BCUT2D eigenvalue weighted by atomic mass is 16.4. The highest BCUT2D eigenvalue weighted by Gasteiger charge is 2.32. The predicted molar refractivity (Wildman–Crippen MR) is 162 cm³/mol. The van der Waals surface area contributed by atoms with Crippen molar-refractivity contribution in [2.75, 3.05) is 13.1 Å². The van der Waals surface area contributed by atoms with Gasteiger partial charge in [0.05, 0.1) is 13.0 Å². The lowest BCUT2D eigenvalue weighted by molar-refractivity contribution is -0.142. The number of hydrogen-bond donors (Lipinski definition) is 9. The molecule has 0 aliphatic rings. The van der Waals surface area contributed by atoms with E-state index in [9.17, 15) is 33.9 Å². The van der Waals surface area contributed by atoms with Gasteiger partial charge in [0.1, 0.15) is 24.7 Å². The third kappa shape index (κ3) is 8.45. The summed E-state index contributed by atoms with van der Waals surface area (Å²) in [6, 6.07) is 10.3. The Kier molecular flexibility index (Phi) is 10.5. The number of aromatic amines is 2. The van der Waals surface area contributed by atoms with Gasteiger partial charge in [0, 0.05) is 47.0 Å². The van der Waals surface area contributed by atoms with Crippen LogP contribution in [0.5, 0.6) is 0 Å². The van der Waals surface area contributed by atoms with Gasteiger partial charge in [0.15, 0.2) is 0 Å². The van der Waals surface area contributed by atoms with E-state index in [2.05, 4.69) is 31.2 Å². The summed E-state index contributed by atoms with van der Waals surface area (Å²) in [6.45, 7) is -1.14. The molecule has 0 bridgehead atoms. The van der Waals surface area contributed by atoms with Crippen LogP contribution in [0, 0.1) is 0 Å². The molecule has 2 aromatic heterocycles. The third-order valence-electron chi connectivity index (χ3n) is 7.09. The molecule has 2 heterocycles. The predicted octanol–water partition coefficient (Wildman–Crippen LogP) is -0.477. The summed E-state index contributed by atoms with van der Waals surface area (Å²) < 4.78 is 0. The van der Waals surface area contributed by atoms with E-state index in [1.54, 1.807) is 30.6 Å². The Hall–Kier alpha value is -5.70. The fourth-order valence-electron chi connectivity index (χ4n) is 4.93. The van der Waals surface area contributed by atoms with Gasteiger partial charge in [0.25, 0.3) is 0 Å². The number of aromatic nitrogens is 2. The summed E-state index contributed by atoms with van der Waals surface area (Å²) in [5.74, 6) is -6.06. The molecule has 15 nitrogen and oxygen atoms in total. The first-order chi connectivity index (χ1) is 21.5. The Morgan fingerprint density at radius 3 is 1.67 bits per heavy atom. The van der Waals surface area contributed by atoms with Gasteiger partial charge in [-0.25, -0.2) is 0 Å². The number of fused-ring (bicyclic) bond motifs is 2. The lowest BCUT2D eigenvalue weighted by atomic mass is 10.0. The van der Waals surface area contributed by atoms with Crippen LogP contribution >= 0.6 is 0 Å². The molecule has 236 valence electrons. The summed E-state index contributed by atoms with van der Waals surface area (Å²) in [7, 11) is 0. The number of amides is 4. The lowest BCUT2D eigenvalue weighted by Gasteiger charge is -2.24. The van der Waals surface area contributed by atoms with Crippen molar-refractivity contribution in [1.29, 1.82) is 0 Å². The van der Waals surface area contributed by atoms with Gasteiger partial charge in [-0.2, -0.15) is 0 Å². The molecular formula is C30H33N7O8. The maximum absolute atomic E-state index is 13.5. The molecular weight excluding hydrogens is 586 g/mol. The van der Waals surface area contributed by atoms with Gasteiger partial charge in [0.2, 0.25) is 23.6 Å². The first-order valence-corrected chi connectivity index (χ1v) is 14.0. The zero-order valence-electron chi connectivity index (χ0n) is 24.0. The minimum atomic E-state index is -1.66. The van der Waals surface area contributed by atoms with Crippen molar-refractivity contribution < 1.29 is 39.0 Å². The van der Waals surface area contributed by atoms with E-state index in [1.165, 1.54) is 0 Å². The second-order valence-corrected chi connectivity index (χ2v) is 10.3. The molecule has 0 spiro atoms. The number of hydrogen-bond acceptors (Lipinski definition) is 7. The van der Waals surface area contributed by atoms with Crippen LogP contribution in [0.25, 0.3) is 21.8 Å². The standard InChI is InChI=1S/C30H33N7O8/c31-12-25(38)35-23(10-17-14-33-21-8-4-2-6-19(17)21)29(44)37-24(11-26(39)40)30(45)36-22(28(43)34-15-27(41)42)9-16-13-32-20-7-3-1-5-18(16)20/h1-8,13-14,22-24,32-33H,9-12,15,31H2,(H,34,43)(H,35,38)(H,36,45)(H,37,44)(H,39,40)(H,41,42)/t22-,23-,24-/m0/s1. The van der Waals surface area contributed by atoms with E-state index < -0.39 is 73.2 Å². The van der Waals surface area contributed by atoms with E-state index in [4.69, 9.17) is 10.8 Å². The van der Waals surface area contributed by atoms with Gasteiger partial charge in [-0.3, -0.25) is 28.8 Å². The monoisotopic (exact) mass is 619 g/mol. The van der Waals surface area contributed by atoms with E-state index in [1.807, 2.05) is 30.3 Å². The Labute approximate surface area is 255 Å². The summed E-state index contributed by atoms with van der Waals surface area (Å²) in [5, 5.41) is 29.7. The summed E-state index contributed by atoms with van der Waals surface area (Å²) in [4.78, 5) is 81.0. The SMILES string of the molecule is NCC(=O)N[C@@H](Cc1c[nH]c2ccccc12)C(=O)N[C@@H](CC(=O)O)C(=O)N[C@@H](Cc1c[nH]c2ccccc12)C(=O)NCC(=O)O. The van der Waals surface area contributed by atoms with Gasteiger partial charge in [-0.1, -0.05) is 36.4 Å². The Morgan fingerprint density at radius 2 is 1.16 bits per heavy atom. The number of para-hydroxylation sites is 2. The first-order valence-electron chi connectivity index (χ1n) is 14.0. The number of carbonyl (C=O) groups is 6. The number of nitrogens with two attached hydrogens (primary N) is 1. The molecule has 4 rings (SSSR count). The van der Waals surface area contributed by atoms with Crippen molar-refractivity contribution in [3.63, 3.8) is 0 Å². The fraction of sp³-hybridized carbons (Fsp3) is 0.267. The fourth-order valence-corrected chi connectivity index (χ4v) is 4.93. The molecule has 0 radical (unpaired) electrons. The van der Waals surface area contributed by atoms with Crippen LogP contribution in [-0.2, 0) is 41.6 Å². The molecule has 0 fully saturated rings. The normalized spacial score (nSPS) is 13.0. The zero-order chi connectivity index (χ0) is 32.5. The van der Waals surface area contributed by atoms with Crippen molar-refractivity contribution >= 4 is 57.4 Å². The van der Waals surface area contributed by atoms with Crippen LogP contribution < -0.4 is 27.0 Å². The second kappa shape index (κ2) is 14.7. The second-order valence-electron chi connectivity index (χ2n) is 10.3. The number of carboxylic acids is 2. The van der Waals surface area contributed by atoms with Crippen molar-refractivity contribution in [1.82, 2.24) is 31.2 Å². The van der Waals surface area contributed by atoms with Crippen LogP contribution in [0.4, 0.5) is 0 Å². The molecule has 4 aromatic rings. The van der Waals surface area contributed by atoms with Crippen LogP contribution in [-0.4, -0.2) is 87.0 Å². The molecule has 0 saturated heterocycles. The van der Waals surface area contributed by atoms with E-state index in [0.717, 1.165) is 21.8 Å². The van der Waals surface area contributed by atoms with E-state index >= 15 is 0 Å². The number of carboxylic acid groups (broad SMARTS) is 2. The molecule has 45 heavy (non-hydrogen) atoms. The molecule has 4 amide bonds. The number of benzene rings is 2. The number of rotatable bonds is 15. The quantitative estimate of drug-likeness (QED) is 0.0832. The molecule has 3 atom stereocenters. The molecule has 0 aliphatic carbocycles. The van der Waals surface area contributed by atoms with Crippen molar-refractivity contribution in [2.45, 2.75) is 37.4 Å². The molecule has 0 aliphatic heterocycles. The smallest absolute Gasteiger partial charge is 0.322 e. The molecule has 15 heteroatoms. The Bertz CT molecular complexity index is 1730. The maximum Gasteiger partial charge on any atom is 0.322 e. The topological polar surface area (TPSA) is 249 Å². The number of carbonyl (C=O) groups excluding carboxylic acids is 4. The maximum atomic E-state index is 13.5. The van der Waals surface area contributed by atoms with Crippen molar-refractivity contribution in [2.24, 2.45) is 5.73 Å². The van der Waals surface area contributed by atoms with Gasteiger partial charge in [-0.05, 0) is 23.3 Å². The highest BCUT2D eigenvalue weighted by molar-refractivity contribution is 5.97. The molecule has 2 aromatic carbocycles. The molecule has 10 N–H and O–H groups in total. The average molecular weight is 620 g/mol. The van der Waals surface area contributed by atoms with Gasteiger partial charge in [-0.15, -0.1) is 0 Å². The summed E-state index contributed by atoms with van der Waals surface area (Å²) >= 11 is 0. The molecule has 0 saturated carbocycles. The largest absolute Gasteiger partial charge is 0.481 e. The number of H-pyrrole nitrogens is 2. The van der Waals surface area contributed by atoms with Crippen molar-refractivity contribution in [3.05, 3.63) is 72.1 Å². The highest BCUT2D eigenvalue weighted by Crippen LogP contribution is 2.20. The average Bonchev–Trinajstić information content (AvgIpc) is 3.62. The Balaban J connectivity index is 1.56. The van der Waals surface area contributed by atoms with E-state index in [-0.39, 0.29) is 12.8 Å². The first kappa shape index (κ1) is 32.2. The van der Waals surface area contributed by atoms with Crippen LogP contribution in [0.2, 0.25) is 0 Å². The minimum Gasteiger partial charge on any atom is -0.481 e. The van der Waals surface area contributed by atoms with E-state index in [0.29, 0.717) is 11.1 Å². The van der Waals surface area contributed by atoms with Gasteiger partial charge < -0.3 is 47.2 Å². The van der Waals surface area contributed by atoms with Gasteiger partial charge >= 0.3 is 11.9 Å². The van der Waals surface area contributed by atoms with Crippen LogP contribution in [0.1, 0.15) is 17.5 Å². The lowest BCUT2D eigenvalue weighted by Crippen LogP contribution is -2.58. The molecule has 0 unspecified atom stereocenters. The summed E-state index contributed by atoms with van der Waals surface area (Å²) in [5.41, 5.74) is 8.31. The Morgan fingerprint density at radius 1 is 0.667 bits per heavy atom. The van der Waals surface area contributed by atoms with Crippen LogP contribution in [0.3, 0.4) is 0 Å². The van der Waals surface area contributed by atoms with Crippen LogP contribution in [0.15, 0.2) is 60.9 Å². The number of nitrogens with one attached hydrogen (secondary N) is 6.